The molecule has 1 fully saturated rings. The number of nitrogens with one attached hydrogen (secondary N) is 1. The van der Waals surface area contributed by atoms with E-state index in [4.69, 9.17) is 13.3 Å². The molecule has 0 aromatic heterocycles. The molecule has 1 unspecified atom stereocenters. The largest absolute Gasteiger partial charge is 0.518 e. The molecule has 0 radical (unpaired) electrons. The fourth-order valence-corrected chi connectivity index (χ4v) is 4.91. The Morgan fingerprint density at radius 3 is 2.00 bits per heavy atom. The summed E-state index contributed by atoms with van der Waals surface area (Å²) in [6, 6.07) is 0. The molecule has 1 N–H and O–H groups in total. The van der Waals surface area contributed by atoms with Crippen molar-refractivity contribution in [2.45, 2.75) is 19.0 Å². The fraction of sp³-hybridized carbons (Fsp3) is 1.00. The number of rotatable bonds is 6. The van der Waals surface area contributed by atoms with Crippen molar-refractivity contribution in [1.29, 1.82) is 0 Å². The van der Waals surface area contributed by atoms with Crippen LogP contribution in [0.15, 0.2) is 0 Å². The van der Waals surface area contributed by atoms with E-state index in [2.05, 4.69) is 17.1 Å². The van der Waals surface area contributed by atoms with E-state index in [-0.39, 0.29) is 5.67 Å². The number of hydrogen-bond donors (Lipinski definition) is 1. The van der Waals surface area contributed by atoms with Crippen LogP contribution in [0.4, 0.5) is 0 Å². The van der Waals surface area contributed by atoms with Gasteiger partial charge >= 0.3 is 8.80 Å². The maximum atomic E-state index is 5.57. The zero-order valence-electron chi connectivity index (χ0n) is 10.8. The lowest BCUT2D eigenvalue weighted by Gasteiger charge is -2.41. The Morgan fingerprint density at radius 2 is 1.62 bits per heavy atom. The molecule has 0 spiro atoms. The van der Waals surface area contributed by atoms with Crippen LogP contribution in [-0.4, -0.2) is 66.9 Å². The summed E-state index contributed by atoms with van der Waals surface area (Å²) < 4.78 is 16.7. The second kappa shape index (κ2) is 6.68. The molecule has 16 heavy (non-hydrogen) atoms. The first-order chi connectivity index (χ1) is 7.74. The molecule has 0 bridgehead atoms. The van der Waals surface area contributed by atoms with Gasteiger partial charge in [-0.05, 0) is 6.42 Å². The summed E-state index contributed by atoms with van der Waals surface area (Å²) in [5.41, 5.74) is 0.259. The van der Waals surface area contributed by atoms with E-state index in [0.29, 0.717) is 0 Å². The van der Waals surface area contributed by atoms with Crippen LogP contribution in [0.5, 0.6) is 0 Å². The Morgan fingerprint density at radius 1 is 1.12 bits per heavy atom. The third kappa shape index (κ3) is 2.82. The Balaban J connectivity index is 2.76. The third-order valence-electron chi connectivity index (χ3n) is 3.24. The average Bonchev–Trinajstić information content (AvgIpc) is 2.37. The zero-order valence-corrected chi connectivity index (χ0v) is 11.8. The SMILES string of the molecule is CCC(N1CCNCC1)[Si](OC)(OC)OC. The quantitative estimate of drug-likeness (QED) is 0.675. The molecule has 1 saturated heterocycles. The van der Waals surface area contributed by atoms with E-state index < -0.39 is 8.80 Å². The molecule has 1 rings (SSSR count). The molecule has 5 nitrogen and oxygen atoms in total. The molecule has 1 aliphatic rings. The minimum Gasteiger partial charge on any atom is -0.376 e. The van der Waals surface area contributed by atoms with Crippen molar-refractivity contribution in [3.63, 3.8) is 0 Å². The third-order valence-corrected chi connectivity index (χ3v) is 6.54. The van der Waals surface area contributed by atoms with Crippen molar-refractivity contribution in [3.05, 3.63) is 0 Å². The van der Waals surface area contributed by atoms with Crippen molar-refractivity contribution in [2.24, 2.45) is 0 Å². The van der Waals surface area contributed by atoms with Crippen molar-refractivity contribution < 1.29 is 13.3 Å². The van der Waals surface area contributed by atoms with Gasteiger partial charge in [0.25, 0.3) is 0 Å². The van der Waals surface area contributed by atoms with Gasteiger partial charge in [0.05, 0.1) is 5.67 Å². The normalized spacial score (nSPS) is 21.0. The van der Waals surface area contributed by atoms with Crippen molar-refractivity contribution in [2.75, 3.05) is 47.5 Å². The van der Waals surface area contributed by atoms with E-state index >= 15 is 0 Å². The van der Waals surface area contributed by atoms with Gasteiger partial charge in [-0.25, -0.2) is 0 Å². The van der Waals surface area contributed by atoms with Crippen LogP contribution < -0.4 is 5.32 Å². The maximum absolute atomic E-state index is 5.57. The van der Waals surface area contributed by atoms with Gasteiger partial charge in [0.1, 0.15) is 0 Å². The predicted octanol–water partition coefficient (Wildman–Crippen LogP) is 0.0875. The molecule has 0 aromatic carbocycles. The lowest BCUT2D eigenvalue weighted by molar-refractivity contribution is 0.0679. The lowest BCUT2D eigenvalue weighted by Crippen LogP contribution is -2.64. The second-order valence-electron chi connectivity index (χ2n) is 3.93. The minimum atomic E-state index is -2.54. The molecule has 96 valence electrons. The molecule has 0 aromatic rings. The highest BCUT2D eigenvalue weighted by molar-refractivity contribution is 6.62. The van der Waals surface area contributed by atoms with E-state index in [1.807, 2.05) is 0 Å². The van der Waals surface area contributed by atoms with Gasteiger partial charge in [-0.1, -0.05) is 6.92 Å². The lowest BCUT2D eigenvalue weighted by atomic mass is 10.3. The molecule has 1 heterocycles. The standard InChI is InChI=1S/C10H24N2O3Si/c1-5-10(12-8-6-11-7-9-12)16(13-2,14-3)15-4/h10-11H,5-9H2,1-4H3. The molecular weight excluding hydrogens is 224 g/mol. The summed E-state index contributed by atoms with van der Waals surface area (Å²) >= 11 is 0. The van der Waals surface area contributed by atoms with Gasteiger partial charge in [-0.3, -0.25) is 4.90 Å². The van der Waals surface area contributed by atoms with Crippen LogP contribution in [0.1, 0.15) is 13.3 Å². The predicted molar refractivity (Wildman–Crippen MR) is 65.3 cm³/mol. The molecule has 0 saturated carbocycles. The first kappa shape index (κ1) is 14.1. The Bertz CT molecular complexity index is 188. The van der Waals surface area contributed by atoms with Crippen LogP contribution >= 0.6 is 0 Å². The van der Waals surface area contributed by atoms with E-state index in [1.165, 1.54) is 0 Å². The van der Waals surface area contributed by atoms with Crippen molar-refractivity contribution in [1.82, 2.24) is 10.2 Å². The van der Waals surface area contributed by atoms with Gasteiger partial charge in [-0.15, -0.1) is 0 Å². The average molecular weight is 248 g/mol. The summed E-state index contributed by atoms with van der Waals surface area (Å²) in [7, 11) is 2.52. The fourth-order valence-electron chi connectivity index (χ4n) is 2.38. The highest BCUT2D eigenvalue weighted by atomic mass is 28.4. The second-order valence-corrected chi connectivity index (χ2v) is 7.02. The van der Waals surface area contributed by atoms with Crippen LogP contribution in [0.3, 0.4) is 0 Å². The Kier molecular flexibility index (Phi) is 5.88. The molecule has 0 aliphatic carbocycles. The Labute approximate surface area is 99.4 Å². The number of nitrogens with zero attached hydrogens (tertiary/aromatic N) is 1. The summed E-state index contributed by atoms with van der Waals surface area (Å²) in [6.07, 6.45) is 0.988. The first-order valence-corrected chi connectivity index (χ1v) is 7.64. The van der Waals surface area contributed by atoms with E-state index in [9.17, 15) is 0 Å². The van der Waals surface area contributed by atoms with Gasteiger partial charge in [0, 0.05) is 47.5 Å². The highest BCUT2D eigenvalue weighted by Gasteiger charge is 2.49. The molecule has 1 aliphatic heterocycles. The maximum Gasteiger partial charge on any atom is 0.518 e. The van der Waals surface area contributed by atoms with E-state index in [1.54, 1.807) is 21.3 Å². The van der Waals surface area contributed by atoms with Crippen molar-refractivity contribution >= 4 is 8.80 Å². The van der Waals surface area contributed by atoms with Gasteiger partial charge in [-0.2, -0.15) is 0 Å². The molecule has 1 atom stereocenters. The summed E-state index contributed by atoms with van der Waals surface area (Å²) in [4.78, 5) is 2.42. The topological polar surface area (TPSA) is 43.0 Å². The van der Waals surface area contributed by atoms with Gasteiger partial charge < -0.3 is 18.6 Å². The van der Waals surface area contributed by atoms with Crippen LogP contribution in [-0.2, 0) is 13.3 Å². The highest BCUT2D eigenvalue weighted by Crippen LogP contribution is 2.20. The van der Waals surface area contributed by atoms with Crippen LogP contribution in [0.25, 0.3) is 0 Å². The number of hydrogen-bond acceptors (Lipinski definition) is 5. The van der Waals surface area contributed by atoms with Gasteiger partial charge in [0.15, 0.2) is 0 Å². The molecular formula is C10H24N2O3Si. The summed E-state index contributed by atoms with van der Waals surface area (Å²) in [5, 5.41) is 3.35. The van der Waals surface area contributed by atoms with Gasteiger partial charge in [0.2, 0.25) is 0 Å². The molecule has 0 amide bonds. The summed E-state index contributed by atoms with van der Waals surface area (Å²) in [5.74, 6) is 0. The van der Waals surface area contributed by atoms with E-state index in [0.717, 1.165) is 32.6 Å². The summed E-state index contributed by atoms with van der Waals surface area (Å²) in [6.45, 7) is 6.27. The smallest absolute Gasteiger partial charge is 0.376 e. The van der Waals surface area contributed by atoms with Crippen molar-refractivity contribution in [3.8, 4) is 0 Å². The number of piperazine rings is 1. The minimum absolute atomic E-state index is 0.259. The zero-order chi connectivity index (χ0) is 12.0. The van der Waals surface area contributed by atoms with Crippen LogP contribution in [0, 0.1) is 0 Å². The molecule has 6 heteroatoms. The monoisotopic (exact) mass is 248 g/mol. The first-order valence-electron chi connectivity index (χ1n) is 5.84. The Hall–Kier alpha value is 0.0169. The van der Waals surface area contributed by atoms with Crippen LogP contribution in [0.2, 0.25) is 0 Å².